The highest BCUT2D eigenvalue weighted by Gasteiger charge is 2.53. The zero-order chi connectivity index (χ0) is 14.6. The maximum absolute atomic E-state index is 9.09. The van der Waals surface area contributed by atoms with Crippen molar-refractivity contribution in [1.82, 2.24) is 9.55 Å². The van der Waals surface area contributed by atoms with Crippen LogP contribution in [0.1, 0.15) is 62.9 Å². The van der Waals surface area contributed by atoms with Crippen molar-refractivity contribution in [2.75, 3.05) is 0 Å². The first kappa shape index (κ1) is 12.9. The van der Waals surface area contributed by atoms with Crippen molar-refractivity contribution in [2.45, 2.75) is 51.5 Å². The van der Waals surface area contributed by atoms with Gasteiger partial charge in [0.1, 0.15) is 5.82 Å². The molecular formula is C18H21N3. The molecule has 2 aliphatic carbocycles. The van der Waals surface area contributed by atoms with Crippen molar-refractivity contribution in [2.24, 2.45) is 11.8 Å². The van der Waals surface area contributed by atoms with Crippen LogP contribution in [0.15, 0.2) is 18.2 Å². The van der Waals surface area contributed by atoms with E-state index in [0.717, 1.165) is 17.4 Å². The number of imidazole rings is 1. The molecule has 3 heteroatoms. The fraction of sp³-hybridized carbons (Fsp3) is 0.556. The number of benzene rings is 1. The van der Waals surface area contributed by atoms with E-state index in [1.54, 1.807) is 0 Å². The lowest BCUT2D eigenvalue weighted by atomic mass is 10.0. The molecule has 4 rings (SSSR count). The van der Waals surface area contributed by atoms with E-state index in [-0.39, 0.29) is 0 Å². The average molecular weight is 279 g/mol. The van der Waals surface area contributed by atoms with Crippen LogP contribution >= 0.6 is 0 Å². The SMILES string of the molecule is CC(C)n1c(C2C3CCCCC32)nc2cc(C#N)ccc21. The van der Waals surface area contributed by atoms with E-state index in [4.69, 9.17) is 10.2 Å². The van der Waals surface area contributed by atoms with E-state index in [1.807, 2.05) is 12.1 Å². The summed E-state index contributed by atoms with van der Waals surface area (Å²) in [5, 5.41) is 9.09. The molecule has 1 aromatic heterocycles. The predicted octanol–water partition coefficient (Wildman–Crippen LogP) is 4.39. The van der Waals surface area contributed by atoms with E-state index in [0.29, 0.717) is 17.5 Å². The third-order valence-electron chi connectivity index (χ3n) is 5.32. The molecule has 0 amide bonds. The van der Waals surface area contributed by atoms with Gasteiger partial charge in [0, 0.05) is 12.0 Å². The minimum absolute atomic E-state index is 0.417. The molecule has 2 aromatic rings. The molecule has 0 aliphatic heterocycles. The molecule has 1 heterocycles. The minimum atomic E-state index is 0.417. The highest BCUT2D eigenvalue weighted by molar-refractivity contribution is 5.78. The molecular weight excluding hydrogens is 258 g/mol. The predicted molar refractivity (Wildman–Crippen MR) is 83.0 cm³/mol. The summed E-state index contributed by atoms with van der Waals surface area (Å²) in [5.74, 6) is 3.66. The molecule has 0 spiro atoms. The molecule has 1 aromatic carbocycles. The zero-order valence-corrected chi connectivity index (χ0v) is 12.7. The van der Waals surface area contributed by atoms with Gasteiger partial charge in [-0.15, -0.1) is 0 Å². The summed E-state index contributed by atoms with van der Waals surface area (Å²) in [6, 6.07) is 8.55. The molecule has 0 N–H and O–H groups in total. The summed E-state index contributed by atoms with van der Waals surface area (Å²) in [6.45, 7) is 4.46. The summed E-state index contributed by atoms with van der Waals surface area (Å²) in [5.41, 5.74) is 2.87. The van der Waals surface area contributed by atoms with Crippen LogP contribution in [0.2, 0.25) is 0 Å². The van der Waals surface area contributed by atoms with Gasteiger partial charge in [-0.05, 0) is 56.7 Å². The van der Waals surface area contributed by atoms with Crippen LogP contribution in [0, 0.1) is 23.2 Å². The lowest BCUT2D eigenvalue weighted by molar-refractivity contribution is 0.480. The molecule has 0 bridgehead atoms. The Morgan fingerprint density at radius 1 is 1.24 bits per heavy atom. The Morgan fingerprint density at radius 3 is 2.57 bits per heavy atom. The number of fused-ring (bicyclic) bond motifs is 2. The van der Waals surface area contributed by atoms with Crippen LogP contribution in [0.25, 0.3) is 11.0 Å². The topological polar surface area (TPSA) is 41.6 Å². The van der Waals surface area contributed by atoms with Crippen LogP contribution in [-0.2, 0) is 0 Å². The first-order chi connectivity index (χ1) is 10.2. The quantitative estimate of drug-likeness (QED) is 0.818. The average Bonchev–Trinajstić information content (AvgIpc) is 3.10. The van der Waals surface area contributed by atoms with Crippen LogP contribution in [0.4, 0.5) is 0 Å². The van der Waals surface area contributed by atoms with Gasteiger partial charge in [-0.3, -0.25) is 0 Å². The molecule has 2 aliphatic rings. The number of nitrogens with zero attached hydrogens (tertiary/aromatic N) is 3. The number of nitriles is 1. The first-order valence-corrected chi connectivity index (χ1v) is 8.12. The fourth-order valence-electron chi connectivity index (χ4n) is 4.34. The Hall–Kier alpha value is -1.82. The van der Waals surface area contributed by atoms with Gasteiger partial charge < -0.3 is 4.57 Å². The zero-order valence-electron chi connectivity index (χ0n) is 12.7. The molecule has 0 saturated heterocycles. The molecule has 3 nitrogen and oxygen atoms in total. The molecule has 2 fully saturated rings. The Kier molecular flexibility index (Phi) is 2.82. The van der Waals surface area contributed by atoms with Gasteiger partial charge in [-0.25, -0.2) is 4.98 Å². The number of rotatable bonds is 2. The molecule has 0 radical (unpaired) electrons. The standard InChI is InChI=1S/C18H21N3/c1-11(2)21-16-8-7-12(10-19)9-15(16)20-18(21)17-13-5-3-4-6-14(13)17/h7-9,11,13-14,17H,3-6H2,1-2H3. The summed E-state index contributed by atoms with van der Waals surface area (Å²) in [7, 11) is 0. The maximum Gasteiger partial charge on any atom is 0.113 e. The Balaban J connectivity index is 1.84. The van der Waals surface area contributed by atoms with Crippen molar-refractivity contribution >= 4 is 11.0 Å². The van der Waals surface area contributed by atoms with Crippen LogP contribution in [0.3, 0.4) is 0 Å². The van der Waals surface area contributed by atoms with Gasteiger partial charge in [0.25, 0.3) is 0 Å². The second-order valence-electron chi connectivity index (χ2n) is 6.89. The van der Waals surface area contributed by atoms with E-state index in [1.165, 1.54) is 37.0 Å². The third-order valence-corrected chi connectivity index (χ3v) is 5.32. The summed E-state index contributed by atoms with van der Waals surface area (Å²) < 4.78 is 2.40. The van der Waals surface area contributed by atoms with E-state index >= 15 is 0 Å². The van der Waals surface area contributed by atoms with Gasteiger partial charge in [-0.2, -0.15) is 5.26 Å². The molecule has 2 unspecified atom stereocenters. The van der Waals surface area contributed by atoms with Crippen LogP contribution in [-0.4, -0.2) is 9.55 Å². The van der Waals surface area contributed by atoms with Crippen LogP contribution in [0.5, 0.6) is 0 Å². The van der Waals surface area contributed by atoms with Crippen molar-refractivity contribution in [3.8, 4) is 6.07 Å². The Morgan fingerprint density at radius 2 is 1.95 bits per heavy atom. The van der Waals surface area contributed by atoms with E-state index in [2.05, 4.69) is 30.6 Å². The fourth-order valence-corrected chi connectivity index (χ4v) is 4.34. The highest BCUT2D eigenvalue weighted by atomic mass is 15.1. The van der Waals surface area contributed by atoms with Crippen molar-refractivity contribution < 1.29 is 0 Å². The molecule has 21 heavy (non-hydrogen) atoms. The van der Waals surface area contributed by atoms with Crippen molar-refractivity contribution in [3.05, 3.63) is 29.6 Å². The van der Waals surface area contributed by atoms with Crippen molar-refractivity contribution in [3.63, 3.8) is 0 Å². The lowest BCUT2D eigenvalue weighted by Crippen LogP contribution is -2.06. The second kappa shape index (κ2) is 4.59. The number of hydrogen-bond donors (Lipinski definition) is 0. The number of hydrogen-bond acceptors (Lipinski definition) is 2. The lowest BCUT2D eigenvalue weighted by Gasteiger charge is -2.13. The largest absolute Gasteiger partial charge is 0.325 e. The minimum Gasteiger partial charge on any atom is -0.325 e. The molecule has 108 valence electrons. The summed E-state index contributed by atoms with van der Waals surface area (Å²) in [4.78, 5) is 4.94. The van der Waals surface area contributed by atoms with Gasteiger partial charge in [0.2, 0.25) is 0 Å². The first-order valence-electron chi connectivity index (χ1n) is 8.12. The normalized spacial score (nSPS) is 27.6. The Bertz CT molecular complexity index is 723. The van der Waals surface area contributed by atoms with Gasteiger partial charge in [0.05, 0.1) is 22.7 Å². The summed E-state index contributed by atoms with van der Waals surface area (Å²) in [6.07, 6.45) is 5.52. The second-order valence-corrected chi connectivity index (χ2v) is 6.89. The van der Waals surface area contributed by atoms with E-state index < -0.39 is 0 Å². The number of aromatic nitrogens is 2. The highest BCUT2D eigenvalue weighted by Crippen LogP contribution is 2.61. The van der Waals surface area contributed by atoms with Crippen molar-refractivity contribution in [1.29, 1.82) is 5.26 Å². The summed E-state index contributed by atoms with van der Waals surface area (Å²) >= 11 is 0. The Labute approximate surface area is 125 Å². The van der Waals surface area contributed by atoms with Gasteiger partial charge in [0.15, 0.2) is 0 Å². The van der Waals surface area contributed by atoms with Gasteiger partial charge in [-0.1, -0.05) is 12.8 Å². The monoisotopic (exact) mass is 279 g/mol. The maximum atomic E-state index is 9.09. The third kappa shape index (κ3) is 1.89. The van der Waals surface area contributed by atoms with E-state index in [9.17, 15) is 0 Å². The van der Waals surface area contributed by atoms with Crippen LogP contribution < -0.4 is 0 Å². The molecule has 2 saturated carbocycles. The molecule has 2 atom stereocenters. The smallest absolute Gasteiger partial charge is 0.113 e. The van der Waals surface area contributed by atoms with Gasteiger partial charge >= 0.3 is 0 Å².